The first-order chi connectivity index (χ1) is 9.23. The molecule has 2 rings (SSSR count). The third-order valence-electron chi connectivity index (χ3n) is 3.90. The van der Waals surface area contributed by atoms with Gasteiger partial charge in [0.15, 0.2) is 0 Å². The van der Waals surface area contributed by atoms with E-state index in [0.717, 1.165) is 31.2 Å². The van der Waals surface area contributed by atoms with Crippen molar-refractivity contribution in [1.29, 1.82) is 0 Å². The molecule has 1 unspecified atom stereocenters. The van der Waals surface area contributed by atoms with Gasteiger partial charge in [-0.1, -0.05) is 6.92 Å². The van der Waals surface area contributed by atoms with Crippen molar-refractivity contribution in [3.05, 3.63) is 35.1 Å². The zero-order valence-electron chi connectivity index (χ0n) is 11.7. The summed E-state index contributed by atoms with van der Waals surface area (Å²) in [4.78, 5) is 1.95. The molecule has 1 aromatic rings. The van der Waals surface area contributed by atoms with E-state index in [4.69, 9.17) is 5.73 Å². The lowest BCUT2D eigenvalue weighted by Crippen LogP contribution is -2.31. The van der Waals surface area contributed by atoms with Gasteiger partial charge in [0.2, 0.25) is 0 Å². The van der Waals surface area contributed by atoms with Gasteiger partial charge in [-0.05, 0) is 43.1 Å². The average Bonchev–Trinajstić information content (AvgIpc) is 2.73. The summed E-state index contributed by atoms with van der Waals surface area (Å²) in [7, 11) is 0. The molecule has 0 bridgehead atoms. The third-order valence-corrected chi connectivity index (χ3v) is 3.90. The van der Waals surface area contributed by atoms with Gasteiger partial charge in [-0.25, -0.2) is 4.39 Å². The average molecular weight is 327 g/mol. The van der Waals surface area contributed by atoms with E-state index in [-0.39, 0.29) is 29.9 Å². The van der Waals surface area contributed by atoms with E-state index < -0.39 is 17.6 Å². The van der Waals surface area contributed by atoms with Crippen molar-refractivity contribution in [3.8, 4) is 0 Å². The molecular weight excluding hydrogens is 308 g/mol. The highest BCUT2D eigenvalue weighted by Gasteiger charge is 2.34. The maximum absolute atomic E-state index is 13.7. The van der Waals surface area contributed by atoms with Gasteiger partial charge in [0.25, 0.3) is 0 Å². The van der Waals surface area contributed by atoms with Gasteiger partial charge in [-0.3, -0.25) is 4.90 Å². The minimum absolute atomic E-state index is 0. The van der Waals surface area contributed by atoms with Crippen molar-refractivity contribution in [2.75, 3.05) is 19.6 Å². The fourth-order valence-corrected chi connectivity index (χ4v) is 2.54. The van der Waals surface area contributed by atoms with Crippen molar-refractivity contribution in [1.82, 2.24) is 4.90 Å². The highest BCUT2D eigenvalue weighted by atomic mass is 35.5. The molecule has 2 N–H and O–H groups in total. The second-order valence-corrected chi connectivity index (χ2v) is 5.78. The summed E-state index contributed by atoms with van der Waals surface area (Å²) in [5.74, 6) is -0.598. The Balaban J connectivity index is 0.00000220. The summed E-state index contributed by atoms with van der Waals surface area (Å²) in [6, 6.07) is 2.55. The number of hydrogen-bond donors (Lipinski definition) is 1. The van der Waals surface area contributed by atoms with Gasteiger partial charge >= 0.3 is 6.18 Å². The second-order valence-electron chi connectivity index (χ2n) is 5.78. The molecule has 0 saturated carbocycles. The molecule has 2 nitrogen and oxygen atoms in total. The Labute approximate surface area is 127 Å². The molecule has 1 atom stereocenters. The molecule has 1 aliphatic heterocycles. The Bertz CT molecular complexity index is 492. The summed E-state index contributed by atoms with van der Waals surface area (Å²) >= 11 is 0. The lowest BCUT2D eigenvalue weighted by atomic mass is 9.90. The van der Waals surface area contributed by atoms with Gasteiger partial charge in [0.05, 0.1) is 5.56 Å². The van der Waals surface area contributed by atoms with E-state index in [1.807, 2.05) is 11.8 Å². The number of hydrogen-bond acceptors (Lipinski definition) is 2. The molecule has 21 heavy (non-hydrogen) atoms. The summed E-state index contributed by atoms with van der Waals surface area (Å²) in [6.45, 7) is 4.15. The van der Waals surface area contributed by atoms with Gasteiger partial charge in [-0.2, -0.15) is 13.2 Å². The van der Waals surface area contributed by atoms with E-state index in [2.05, 4.69) is 0 Å². The van der Waals surface area contributed by atoms with Crippen LogP contribution >= 0.6 is 12.4 Å². The number of nitrogens with zero attached hydrogens (tertiary/aromatic N) is 1. The van der Waals surface area contributed by atoms with E-state index in [9.17, 15) is 17.6 Å². The fraction of sp³-hybridized carbons (Fsp3) is 0.571. The summed E-state index contributed by atoms with van der Waals surface area (Å²) < 4.78 is 51.6. The maximum Gasteiger partial charge on any atom is 0.416 e. The lowest BCUT2D eigenvalue weighted by Gasteiger charge is -2.23. The Morgan fingerprint density at radius 1 is 1.33 bits per heavy atom. The van der Waals surface area contributed by atoms with Crippen LogP contribution in [-0.2, 0) is 12.7 Å². The number of rotatable bonds is 3. The number of benzene rings is 1. The minimum atomic E-state index is -4.45. The normalized spacial score (nSPS) is 23.1. The summed E-state index contributed by atoms with van der Waals surface area (Å²) in [6.07, 6.45) is -3.57. The lowest BCUT2D eigenvalue weighted by molar-refractivity contribution is -0.137. The monoisotopic (exact) mass is 326 g/mol. The van der Waals surface area contributed by atoms with Crippen LogP contribution in [0.15, 0.2) is 18.2 Å². The van der Waals surface area contributed by atoms with Crippen LogP contribution in [-0.4, -0.2) is 24.5 Å². The first kappa shape index (κ1) is 18.2. The van der Waals surface area contributed by atoms with Crippen LogP contribution < -0.4 is 5.73 Å². The number of nitrogens with two attached hydrogens (primary N) is 1. The fourth-order valence-electron chi connectivity index (χ4n) is 2.54. The number of alkyl halides is 3. The van der Waals surface area contributed by atoms with E-state index in [1.54, 1.807) is 0 Å². The highest BCUT2D eigenvalue weighted by molar-refractivity contribution is 5.85. The summed E-state index contributed by atoms with van der Waals surface area (Å²) in [5.41, 5.74) is 4.93. The van der Waals surface area contributed by atoms with Crippen LogP contribution in [0.1, 0.15) is 24.5 Å². The zero-order chi connectivity index (χ0) is 15.0. The minimum Gasteiger partial charge on any atom is -0.330 e. The second kappa shape index (κ2) is 6.50. The molecule has 1 heterocycles. The van der Waals surface area contributed by atoms with Crippen molar-refractivity contribution >= 4 is 12.4 Å². The maximum atomic E-state index is 13.7. The standard InChI is InChI=1S/C14H18F4N2.ClH/c1-13(8-19)4-5-20(9-13)7-10-6-11(14(16,17)18)2-3-12(10)15;/h2-3,6H,4-5,7-9,19H2,1H3;1H. The van der Waals surface area contributed by atoms with E-state index in [0.29, 0.717) is 13.1 Å². The number of likely N-dealkylation sites (tertiary alicyclic amines) is 1. The molecule has 0 amide bonds. The van der Waals surface area contributed by atoms with Crippen molar-refractivity contribution in [3.63, 3.8) is 0 Å². The Kier molecular flexibility index (Phi) is 5.63. The van der Waals surface area contributed by atoms with E-state index in [1.165, 1.54) is 0 Å². The molecule has 0 spiro atoms. The molecule has 0 aromatic heterocycles. The van der Waals surface area contributed by atoms with Gasteiger partial charge in [0.1, 0.15) is 5.82 Å². The Morgan fingerprint density at radius 3 is 2.52 bits per heavy atom. The molecule has 0 aliphatic carbocycles. The first-order valence-corrected chi connectivity index (χ1v) is 6.52. The molecule has 7 heteroatoms. The molecule has 1 aromatic carbocycles. The molecule has 120 valence electrons. The van der Waals surface area contributed by atoms with Crippen molar-refractivity contribution < 1.29 is 17.6 Å². The van der Waals surface area contributed by atoms with Crippen LogP contribution in [0.25, 0.3) is 0 Å². The predicted molar refractivity (Wildman–Crippen MR) is 75.7 cm³/mol. The van der Waals surface area contributed by atoms with Gasteiger partial charge in [0, 0.05) is 18.7 Å². The summed E-state index contributed by atoms with van der Waals surface area (Å²) in [5, 5.41) is 0. The molecular formula is C14H19ClF4N2. The van der Waals surface area contributed by atoms with Gasteiger partial charge < -0.3 is 5.73 Å². The quantitative estimate of drug-likeness (QED) is 0.862. The Hall–Kier alpha value is -0.850. The highest BCUT2D eigenvalue weighted by Crippen LogP contribution is 2.32. The molecule has 1 fully saturated rings. The largest absolute Gasteiger partial charge is 0.416 e. The third kappa shape index (κ3) is 4.31. The van der Waals surface area contributed by atoms with Crippen LogP contribution in [0.4, 0.5) is 17.6 Å². The van der Waals surface area contributed by atoms with Crippen LogP contribution in [0.2, 0.25) is 0 Å². The Morgan fingerprint density at radius 2 is 2.00 bits per heavy atom. The topological polar surface area (TPSA) is 29.3 Å². The van der Waals surface area contributed by atoms with Crippen LogP contribution in [0, 0.1) is 11.2 Å². The zero-order valence-corrected chi connectivity index (χ0v) is 12.5. The molecule has 1 saturated heterocycles. The van der Waals surface area contributed by atoms with E-state index >= 15 is 0 Å². The van der Waals surface area contributed by atoms with Gasteiger partial charge in [-0.15, -0.1) is 12.4 Å². The first-order valence-electron chi connectivity index (χ1n) is 6.52. The molecule has 0 radical (unpaired) electrons. The van der Waals surface area contributed by atoms with Crippen molar-refractivity contribution in [2.24, 2.45) is 11.1 Å². The number of halogens is 5. The SMILES string of the molecule is CC1(CN)CCN(Cc2cc(C(F)(F)F)ccc2F)C1.Cl. The molecule has 1 aliphatic rings. The van der Waals surface area contributed by atoms with Crippen LogP contribution in [0.3, 0.4) is 0 Å². The van der Waals surface area contributed by atoms with Crippen molar-refractivity contribution in [2.45, 2.75) is 26.1 Å². The predicted octanol–water partition coefficient (Wildman–Crippen LogP) is 3.44. The van der Waals surface area contributed by atoms with Crippen LogP contribution in [0.5, 0.6) is 0 Å². The smallest absolute Gasteiger partial charge is 0.330 e.